The molecular weight excluding hydrogens is 474 g/mol. The molecule has 0 saturated carbocycles. The van der Waals surface area contributed by atoms with Crippen LogP contribution in [0.15, 0.2) is 66.7 Å². The Balaban J connectivity index is 1.64. The molecule has 0 radical (unpaired) electrons. The molecule has 3 heterocycles. The Bertz CT molecular complexity index is 1430. The maximum atomic E-state index is 14.4. The Labute approximate surface area is 213 Å². The maximum Gasteiger partial charge on any atom is 0.269 e. The average Bonchev–Trinajstić information content (AvgIpc) is 3.53. The van der Waals surface area contributed by atoms with E-state index in [9.17, 15) is 19.7 Å². The van der Waals surface area contributed by atoms with Crippen LogP contribution in [0.2, 0.25) is 0 Å². The van der Waals surface area contributed by atoms with Gasteiger partial charge < -0.3 is 5.32 Å². The summed E-state index contributed by atoms with van der Waals surface area (Å²) in [5.74, 6) is -0.0924. The lowest BCUT2D eigenvalue weighted by Crippen LogP contribution is -2.52. The molecule has 1 amide bonds. The second-order valence-corrected chi connectivity index (χ2v) is 10.8. The molecule has 0 bridgehead atoms. The Morgan fingerprint density at radius 1 is 1.11 bits per heavy atom. The molecule has 1 N–H and O–H groups in total. The van der Waals surface area contributed by atoms with Crippen LogP contribution >= 0.6 is 11.8 Å². The van der Waals surface area contributed by atoms with Gasteiger partial charge in [-0.3, -0.25) is 24.6 Å². The Morgan fingerprint density at radius 3 is 2.64 bits per heavy atom. The van der Waals surface area contributed by atoms with Crippen molar-refractivity contribution in [3.63, 3.8) is 0 Å². The molecule has 0 unspecified atom stereocenters. The number of rotatable bonds is 4. The number of carbonyl (C=O) groups excluding carboxylic acids is 2. The van der Waals surface area contributed by atoms with Crippen LogP contribution in [0.5, 0.6) is 0 Å². The van der Waals surface area contributed by atoms with Crippen LogP contribution in [-0.4, -0.2) is 39.2 Å². The number of thioether (sulfide) groups is 1. The van der Waals surface area contributed by atoms with E-state index in [1.165, 1.54) is 6.07 Å². The number of Topliss-reactive ketones (excluding diaryl/α,β-unsaturated/α-hetero) is 1. The van der Waals surface area contributed by atoms with Gasteiger partial charge in [0.2, 0.25) is 5.91 Å². The minimum atomic E-state index is -1.19. The standard InChI is InChI=1S/C28H25N3O4S/c1-16-11-17(2)25-21(12-16)28(27(33)29-25)24(26(32)18-7-4-3-5-8-18)23(22-14-36-15-30(22)28)19-9-6-10-20(13-19)31(34)35/h3-13,22-24H,14-15H2,1-2H3,(H,29,33)/t22-,23+,24-,28+/m0/s1. The minimum Gasteiger partial charge on any atom is -0.324 e. The number of amides is 1. The SMILES string of the molecule is Cc1cc(C)c2c(c1)[C@]1(C(=O)N2)[C@H](C(=O)c2ccccc2)[C@H](c2cccc([N+](=O)[O-])c2)[C@@H]2CSCN21. The van der Waals surface area contributed by atoms with Gasteiger partial charge in [-0.15, -0.1) is 11.8 Å². The third kappa shape index (κ3) is 3.10. The molecule has 7 nitrogen and oxygen atoms in total. The van der Waals surface area contributed by atoms with E-state index in [1.807, 2.05) is 50.2 Å². The first-order chi connectivity index (χ1) is 17.3. The van der Waals surface area contributed by atoms with Crippen LogP contribution in [0.3, 0.4) is 0 Å². The molecule has 2 saturated heterocycles. The number of aryl methyl sites for hydroxylation is 2. The number of fused-ring (bicyclic) bond motifs is 4. The van der Waals surface area contributed by atoms with Crippen molar-refractivity contribution in [2.75, 3.05) is 16.9 Å². The van der Waals surface area contributed by atoms with Crippen LogP contribution < -0.4 is 5.32 Å². The molecule has 182 valence electrons. The molecule has 1 spiro atoms. The van der Waals surface area contributed by atoms with Gasteiger partial charge in [0.15, 0.2) is 5.78 Å². The van der Waals surface area contributed by atoms with Crippen LogP contribution in [-0.2, 0) is 10.3 Å². The van der Waals surface area contributed by atoms with Gasteiger partial charge in [-0.05, 0) is 25.0 Å². The number of anilines is 1. The zero-order valence-electron chi connectivity index (χ0n) is 19.9. The van der Waals surface area contributed by atoms with Crippen molar-refractivity contribution in [2.24, 2.45) is 5.92 Å². The van der Waals surface area contributed by atoms with Crippen LogP contribution in [0.4, 0.5) is 11.4 Å². The number of non-ortho nitro benzene ring substituents is 1. The summed E-state index contributed by atoms with van der Waals surface area (Å²) < 4.78 is 0. The molecule has 3 aliphatic rings. The summed E-state index contributed by atoms with van der Waals surface area (Å²) in [5, 5.41) is 14.8. The normalized spacial score (nSPS) is 26.6. The molecule has 6 rings (SSSR count). The number of nitrogens with zero attached hydrogens (tertiary/aromatic N) is 2. The van der Waals surface area contributed by atoms with E-state index in [0.717, 1.165) is 33.7 Å². The number of hydrogen-bond acceptors (Lipinski definition) is 6. The van der Waals surface area contributed by atoms with Gasteiger partial charge in [0, 0.05) is 52.5 Å². The van der Waals surface area contributed by atoms with Crippen molar-refractivity contribution in [2.45, 2.75) is 31.3 Å². The molecule has 4 atom stereocenters. The van der Waals surface area contributed by atoms with E-state index < -0.39 is 16.4 Å². The van der Waals surface area contributed by atoms with E-state index in [4.69, 9.17) is 0 Å². The summed E-state index contributed by atoms with van der Waals surface area (Å²) in [7, 11) is 0. The van der Waals surface area contributed by atoms with Gasteiger partial charge in [-0.1, -0.05) is 60.2 Å². The second-order valence-electron chi connectivity index (χ2n) is 9.85. The van der Waals surface area contributed by atoms with Crippen molar-refractivity contribution in [1.29, 1.82) is 0 Å². The highest BCUT2D eigenvalue weighted by Gasteiger charge is 2.69. The van der Waals surface area contributed by atoms with Gasteiger partial charge >= 0.3 is 0 Å². The quantitative estimate of drug-likeness (QED) is 0.308. The first-order valence-electron chi connectivity index (χ1n) is 12.0. The third-order valence-corrected chi connectivity index (χ3v) is 8.92. The predicted octanol–water partition coefficient (Wildman–Crippen LogP) is 5.03. The number of nitrogens with one attached hydrogen (secondary N) is 1. The highest BCUT2D eigenvalue weighted by Crippen LogP contribution is 2.61. The van der Waals surface area contributed by atoms with Crippen molar-refractivity contribution in [1.82, 2.24) is 4.90 Å². The van der Waals surface area contributed by atoms with E-state index in [-0.39, 0.29) is 29.3 Å². The lowest BCUT2D eigenvalue weighted by atomic mass is 9.69. The number of hydrogen-bond donors (Lipinski definition) is 1. The topological polar surface area (TPSA) is 92.5 Å². The highest BCUT2D eigenvalue weighted by atomic mass is 32.2. The molecule has 3 aliphatic heterocycles. The Morgan fingerprint density at radius 2 is 1.89 bits per heavy atom. The smallest absolute Gasteiger partial charge is 0.269 e. The molecule has 8 heteroatoms. The summed E-state index contributed by atoms with van der Waals surface area (Å²) in [6.45, 7) is 3.98. The number of nitro benzene ring substituents is 1. The fourth-order valence-electron chi connectivity index (χ4n) is 6.53. The van der Waals surface area contributed by atoms with Gasteiger partial charge in [-0.2, -0.15) is 0 Å². The molecule has 3 aromatic carbocycles. The van der Waals surface area contributed by atoms with E-state index in [2.05, 4.69) is 10.2 Å². The number of benzene rings is 3. The Kier molecular flexibility index (Phi) is 5.28. The van der Waals surface area contributed by atoms with Gasteiger partial charge in [0.1, 0.15) is 5.54 Å². The summed E-state index contributed by atoms with van der Waals surface area (Å²) >= 11 is 1.73. The first-order valence-corrected chi connectivity index (χ1v) is 13.1. The number of nitro groups is 1. The van der Waals surface area contributed by atoms with Crippen molar-refractivity contribution < 1.29 is 14.5 Å². The van der Waals surface area contributed by atoms with Crippen molar-refractivity contribution in [3.05, 3.63) is 105 Å². The van der Waals surface area contributed by atoms with Gasteiger partial charge in [0.25, 0.3) is 5.69 Å². The number of ketones is 1. The molecule has 0 aliphatic carbocycles. The second kappa shape index (κ2) is 8.28. The summed E-state index contributed by atoms with van der Waals surface area (Å²) in [4.78, 5) is 42.0. The fraction of sp³-hybridized carbons (Fsp3) is 0.286. The molecule has 3 aromatic rings. The lowest BCUT2D eigenvalue weighted by Gasteiger charge is -2.36. The van der Waals surface area contributed by atoms with Gasteiger partial charge in [0.05, 0.1) is 10.8 Å². The van der Waals surface area contributed by atoms with Crippen molar-refractivity contribution >= 4 is 34.8 Å². The predicted molar refractivity (Wildman–Crippen MR) is 139 cm³/mol. The minimum absolute atomic E-state index is 0.0143. The van der Waals surface area contributed by atoms with Crippen LogP contribution in [0, 0.1) is 29.9 Å². The van der Waals surface area contributed by atoms with Crippen LogP contribution in [0.1, 0.15) is 38.5 Å². The van der Waals surface area contributed by atoms with E-state index in [0.29, 0.717) is 11.4 Å². The lowest BCUT2D eigenvalue weighted by molar-refractivity contribution is -0.384. The van der Waals surface area contributed by atoms with E-state index >= 15 is 0 Å². The summed E-state index contributed by atoms with van der Waals surface area (Å²) in [6.07, 6.45) is 0. The highest BCUT2D eigenvalue weighted by molar-refractivity contribution is 7.99. The van der Waals surface area contributed by atoms with Crippen molar-refractivity contribution in [3.8, 4) is 0 Å². The Hall–Kier alpha value is -3.49. The third-order valence-electron chi connectivity index (χ3n) is 7.88. The fourth-order valence-corrected chi connectivity index (χ4v) is 7.86. The monoisotopic (exact) mass is 499 g/mol. The van der Waals surface area contributed by atoms with Crippen LogP contribution in [0.25, 0.3) is 0 Å². The molecule has 0 aromatic heterocycles. The zero-order valence-corrected chi connectivity index (χ0v) is 20.7. The first kappa shape index (κ1) is 22.9. The molecule has 2 fully saturated rings. The maximum absolute atomic E-state index is 14.4. The van der Waals surface area contributed by atoms with E-state index in [1.54, 1.807) is 36.0 Å². The number of carbonyl (C=O) groups is 2. The molecule has 36 heavy (non-hydrogen) atoms. The van der Waals surface area contributed by atoms with Gasteiger partial charge in [-0.25, -0.2) is 0 Å². The summed E-state index contributed by atoms with van der Waals surface area (Å²) in [6, 6.07) is 19.6. The summed E-state index contributed by atoms with van der Waals surface area (Å²) in [5.41, 5.74) is 3.64. The molecular formula is C28H25N3O4S. The average molecular weight is 500 g/mol. The zero-order chi connectivity index (χ0) is 25.2. The largest absolute Gasteiger partial charge is 0.324 e.